The third-order valence-electron chi connectivity index (χ3n) is 5.18. The molecule has 3 aliphatic rings. The van der Waals surface area contributed by atoms with Crippen LogP contribution in [-0.2, 0) is 0 Å². The maximum absolute atomic E-state index is 6.00. The van der Waals surface area contributed by atoms with Crippen molar-refractivity contribution in [2.45, 2.75) is 58.4 Å². The van der Waals surface area contributed by atoms with E-state index in [0.29, 0.717) is 17.9 Å². The van der Waals surface area contributed by atoms with Crippen LogP contribution >= 0.6 is 0 Å². The Morgan fingerprint density at radius 1 is 1.35 bits per heavy atom. The Labute approximate surface area is 122 Å². The molecule has 1 heterocycles. The van der Waals surface area contributed by atoms with Gasteiger partial charge in [-0.05, 0) is 49.5 Å². The van der Waals surface area contributed by atoms with E-state index < -0.39 is 0 Å². The molecule has 3 rings (SSSR count). The van der Waals surface area contributed by atoms with Crippen molar-refractivity contribution in [3.63, 3.8) is 0 Å². The van der Waals surface area contributed by atoms with Crippen LogP contribution in [0.2, 0.25) is 0 Å². The molecule has 0 bridgehead atoms. The van der Waals surface area contributed by atoms with Gasteiger partial charge in [0.2, 0.25) is 0 Å². The molecule has 3 heteroatoms. The molecule has 0 aromatic rings. The van der Waals surface area contributed by atoms with Crippen LogP contribution in [0.15, 0.2) is 28.4 Å². The van der Waals surface area contributed by atoms with E-state index in [-0.39, 0.29) is 0 Å². The summed E-state index contributed by atoms with van der Waals surface area (Å²) in [4.78, 5) is 4.60. The Bertz CT molecular complexity index is 461. The van der Waals surface area contributed by atoms with Gasteiger partial charge in [0.15, 0.2) is 5.96 Å². The van der Waals surface area contributed by atoms with Gasteiger partial charge in [0.25, 0.3) is 0 Å². The van der Waals surface area contributed by atoms with Crippen molar-refractivity contribution in [2.24, 2.45) is 28.5 Å². The number of hydrogen-bond acceptors (Lipinski definition) is 3. The van der Waals surface area contributed by atoms with E-state index in [0.717, 1.165) is 18.3 Å². The Hall–Kier alpha value is -1.25. The largest absolute Gasteiger partial charge is 0.370 e. The summed E-state index contributed by atoms with van der Waals surface area (Å²) in [5, 5.41) is 3.41. The molecule has 0 radical (unpaired) electrons. The first-order chi connectivity index (χ1) is 9.70. The normalized spacial score (nSPS) is 36.0. The Kier molecular flexibility index (Phi) is 3.86. The molecule has 1 aliphatic heterocycles. The summed E-state index contributed by atoms with van der Waals surface area (Å²) in [5.41, 5.74) is 9.01. The predicted molar refractivity (Wildman–Crippen MR) is 84.2 cm³/mol. The van der Waals surface area contributed by atoms with Crippen LogP contribution in [0.1, 0.15) is 52.4 Å². The molecule has 0 saturated heterocycles. The maximum atomic E-state index is 6.00. The highest BCUT2D eigenvalue weighted by molar-refractivity contribution is 5.82. The first kappa shape index (κ1) is 13.7. The molecule has 3 nitrogen and oxygen atoms in total. The fourth-order valence-corrected chi connectivity index (χ4v) is 4.21. The first-order valence-corrected chi connectivity index (χ1v) is 8.20. The number of unbranched alkanes of at least 4 members (excludes halogenated alkanes) is 1. The molecule has 0 amide bonds. The van der Waals surface area contributed by atoms with Crippen molar-refractivity contribution >= 4 is 5.96 Å². The van der Waals surface area contributed by atoms with Crippen molar-refractivity contribution in [1.82, 2.24) is 5.32 Å². The monoisotopic (exact) mass is 273 g/mol. The van der Waals surface area contributed by atoms with Crippen LogP contribution in [0.5, 0.6) is 0 Å². The van der Waals surface area contributed by atoms with Gasteiger partial charge in [0, 0.05) is 11.6 Å². The van der Waals surface area contributed by atoms with Crippen molar-refractivity contribution in [1.29, 1.82) is 0 Å². The zero-order valence-corrected chi connectivity index (χ0v) is 12.7. The quantitative estimate of drug-likeness (QED) is 0.772. The summed E-state index contributed by atoms with van der Waals surface area (Å²) in [7, 11) is 0. The van der Waals surface area contributed by atoms with Gasteiger partial charge in [-0.1, -0.05) is 32.4 Å². The SMILES string of the molecule is CCC/C=C\C[C@@H]1C2=C3[C@@H](CC[C@@H]3N=C(N)N2)C[C@H]1C. The summed E-state index contributed by atoms with van der Waals surface area (Å²) in [6.07, 6.45) is 12.1. The van der Waals surface area contributed by atoms with Crippen LogP contribution in [-0.4, -0.2) is 12.0 Å². The van der Waals surface area contributed by atoms with Crippen LogP contribution in [0.25, 0.3) is 0 Å². The molecule has 2 aliphatic carbocycles. The summed E-state index contributed by atoms with van der Waals surface area (Å²) in [6.45, 7) is 4.63. The average molecular weight is 273 g/mol. The van der Waals surface area contributed by atoms with Crippen molar-refractivity contribution in [3.8, 4) is 0 Å². The fourth-order valence-electron chi connectivity index (χ4n) is 4.21. The molecule has 0 unspecified atom stereocenters. The fraction of sp³-hybridized carbons (Fsp3) is 0.706. The molecule has 0 spiro atoms. The molecular formula is C17H27N3. The average Bonchev–Trinajstić information content (AvgIpc) is 2.80. The highest BCUT2D eigenvalue weighted by atomic mass is 15.1. The lowest BCUT2D eigenvalue weighted by Crippen LogP contribution is -2.43. The van der Waals surface area contributed by atoms with Gasteiger partial charge in [0.1, 0.15) is 0 Å². The van der Waals surface area contributed by atoms with Crippen LogP contribution in [0.4, 0.5) is 0 Å². The second-order valence-electron chi connectivity index (χ2n) is 6.61. The minimum absolute atomic E-state index is 0.380. The number of guanidine groups is 1. The van der Waals surface area contributed by atoms with E-state index in [9.17, 15) is 0 Å². The molecule has 0 aromatic heterocycles. The maximum Gasteiger partial charge on any atom is 0.193 e. The molecule has 4 atom stereocenters. The number of nitrogens with two attached hydrogens (primary N) is 1. The molecule has 0 aromatic carbocycles. The number of allylic oxidation sites excluding steroid dienone is 3. The molecule has 20 heavy (non-hydrogen) atoms. The summed E-state index contributed by atoms with van der Waals surface area (Å²) in [5.74, 6) is 2.72. The third-order valence-corrected chi connectivity index (χ3v) is 5.18. The topological polar surface area (TPSA) is 50.4 Å². The van der Waals surface area contributed by atoms with Gasteiger partial charge in [-0.25, -0.2) is 4.99 Å². The number of nitrogens with zero attached hydrogens (tertiary/aromatic N) is 1. The highest BCUT2D eigenvalue weighted by Gasteiger charge is 2.42. The highest BCUT2D eigenvalue weighted by Crippen LogP contribution is 2.48. The van der Waals surface area contributed by atoms with E-state index in [1.165, 1.54) is 37.8 Å². The smallest absolute Gasteiger partial charge is 0.193 e. The molecular weight excluding hydrogens is 246 g/mol. The van der Waals surface area contributed by atoms with E-state index in [1.54, 1.807) is 5.57 Å². The molecule has 3 N–H and O–H groups in total. The van der Waals surface area contributed by atoms with E-state index in [1.807, 2.05) is 0 Å². The van der Waals surface area contributed by atoms with Gasteiger partial charge in [-0.2, -0.15) is 0 Å². The summed E-state index contributed by atoms with van der Waals surface area (Å²) >= 11 is 0. The van der Waals surface area contributed by atoms with Gasteiger partial charge in [0.05, 0.1) is 6.04 Å². The Morgan fingerprint density at radius 2 is 2.20 bits per heavy atom. The number of aliphatic imine (C=N–C) groups is 1. The van der Waals surface area contributed by atoms with Crippen LogP contribution in [0, 0.1) is 17.8 Å². The number of hydrogen-bond donors (Lipinski definition) is 2. The second-order valence-corrected chi connectivity index (χ2v) is 6.61. The minimum atomic E-state index is 0.380. The lowest BCUT2D eigenvalue weighted by atomic mass is 9.72. The standard InChI is InChI=1S/C17H27N3/c1-3-4-5-6-7-13-11(2)10-12-8-9-14-15(12)16(13)20-17(18)19-14/h5-6,11-14H,3-4,7-10H2,1-2H3,(H3,18,19,20)/b6-5-/t11-,12+,13+,14+/m1/s1. The first-order valence-electron chi connectivity index (χ1n) is 8.20. The molecule has 1 saturated carbocycles. The molecule has 110 valence electrons. The third kappa shape index (κ3) is 2.38. The predicted octanol–water partition coefficient (Wildman–Crippen LogP) is 3.34. The van der Waals surface area contributed by atoms with Gasteiger partial charge >= 0.3 is 0 Å². The Morgan fingerprint density at radius 3 is 3.00 bits per heavy atom. The lowest BCUT2D eigenvalue weighted by Gasteiger charge is -2.38. The number of nitrogens with one attached hydrogen (secondary N) is 1. The number of rotatable bonds is 4. The van der Waals surface area contributed by atoms with Crippen molar-refractivity contribution in [2.75, 3.05) is 0 Å². The van der Waals surface area contributed by atoms with Crippen LogP contribution in [0.3, 0.4) is 0 Å². The molecule has 1 fully saturated rings. The summed E-state index contributed by atoms with van der Waals surface area (Å²) in [6, 6.07) is 0.380. The second kappa shape index (κ2) is 5.63. The van der Waals surface area contributed by atoms with E-state index in [4.69, 9.17) is 5.73 Å². The van der Waals surface area contributed by atoms with Gasteiger partial charge in [-0.3, -0.25) is 0 Å². The Balaban J connectivity index is 1.82. The van der Waals surface area contributed by atoms with E-state index in [2.05, 4.69) is 36.3 Å². The van der Waals surface area contributed by atoms with Crippen molar-refractivity contribution < 1.29 is 0 Å². The summed E-state index contributed by atoms with van der Waals surface area (Å²) < 4.78 is 0. The zero-order valence-electron chi connectivity index (χ0n) is 12.7. The minimum Gasteiger partial charge on any atom is -0.370 e. The van der Waals surface area contributed by atoms with Crippen molar-refractivity contribution in [3.05, 3.63) is 23.4 Å². The van der Waals surface area contributed by atoms with Gasteiger partial charge in [-0.15, -0.1) is 0 Å². The van der Waals surface area contributed by atoms with Gasteiger partial charge < -0.3 is 11.1 Å². The van der Waals surface area contributed by atoms with Crippen LogP contribution < -0.4 is 11.1 Å². The lowest BCUT2D eigenvalue weighted by molar-refractivity contribution is 0.300. The van der Waals surface area contributed by atoms with E-state index >= 15 is 0 Å². The zero-order chi connectivity index (χ0) is 14.1.